The van der Waals surface area contributed by atoms with Crippen molar-refractivity contribution in [3.05, 3.63) is 77.4 Å². The number of nitrogens with one attached hydrogen (secondary N) is 1. The summed E-state index contributed by atoms with van der Waals surface area (Å²) in [6.45, 7) is 0. The number of hydrogen-bond acceptors (Lipinski definition) is 2. The number of thiophene rings is 1. The van der Waals surface area contributed by atoms with Crippen molar-refractivity contribution in [1.82, 2.24) is 0 Å². The van der Waals surface area contributed by atoms with Gasteiger partial charge in [0.1, 0.15) is 5.82 Å². The molecule has 4 aromatic rings. The van der Waals surface area contributed by atoms with E-state index in [-0.39, 0.29) is 18.1 Å². The van der Waals surface area contributed by atoms with Crippen molar-refractivity contribution < 1.29 is 9.18 Å². The highest BCUT2D eigenvalue weighted by molar-refractivity contribution is 7.17. The van der Waals surface area contributed by atoms with Crippen molar-refractivity contribution in [3.63, 3.8) is 0 Å². The molecular weight excluding hydrogens is 321 g/mol. The molecule has 0 saturated heterocycles. The van der Waals surface area contributed by atoms with Gasteiger partial charge in [-0.3, -0.25) is 4.79 Å². The van der Waals surface area contributed by atoms with Crippen LogP contribution in [0.1, 0.15) is 5.56 Å². The van der Waals surface area contributed by atoms with Gasteiger partial charge >= 0.3 is 0 Å². The average molecular weight is 335 g/mol. The monoisotopic (exact) mass is 335 g/mol. The molecule has 4 heteroatoms. The Morgan fingerprint density at radius 1 is 1.00 bits per heavy atom. The molecule has 0 aliphatic rings. The van der Waals surface area contributed by atoms with Crippen LogP contribution in [0, 0.1) is 5.82 Å². The van der Waals surface area contributed by atoms with Gasteiger partial charge in [0.25, 0.3) is 0 Å². The summed E-state index contributed by atoms with van der Waals surface area (Å²) < 4.78 is 14.4. The number of hydrogen-bond donors (Lipinski definition) is 1. The van der Waals surface area contributed by atoms with Crippen LogP contribution in [-0.4, -0.2) is 5.91 Å². The molecule has 0 saturated carbocycles. The number of halogens is 1. The quantitative estimate of drug-likeness (QED) is 0.535. The number of anilines is 1. The third-order valence-corrected chi connectivity index (χ3v) is 5.01. The fourth-order valence-electron chi connectivity index (χ4n) is 2.84. The second kappa shape index (κ2) is 6.06. The molecule has 0 atom stereocenters. The van der Waals surface area contributed by atoms with Gasteiger partial charge in [-0.25, -0.2) is 4.39 Å². The van der Waals surface area contributed by atoms with E-state index < -0.39 is 0 Å². The van der Waals surface area contributed by atoms with Crippen LogP contribution in [0.5, 0.6) is 0 Å². The smallest absolute Gasteiger partial charge is 0.228 e. The van der Waals surface area contributed by atoms with E-state index >= 15 is 0 Å². The molecule has 0 unspecified atom stereocenters. The Hall–Kier alpha value is -2.72. The minimum absolute atomic E-state index is 0.103. The summed E-state index contributed by atoms with van der Waals surface area (Å²) in [7, 11) is 0. The maximum Gasteiger partial charge on any atom is 0.228 e. The number of carbonyl (C=O) groups is 1. The van der Waals surface area contributed by atoms with Gasteiger partial charge in [-0.15, -0.1) is 11.3 Å². The number of fused-ring (bicyclic) bond motifs is 2. The van der Waals surface area contributed by atoms with Crippen LogP contribution in [0.2, 0.25) is 0 Å². The normalized spacial score (nSPS) is 11.0. The first-order valence-electron chi connectivity index (χ1n) is 7.63. The zero-order valence-electron chi connectivity index (χ0n) is 12.8. The molecule has 0 spiro atoms. The van der Waals surface area contributed by atoms with Crippen LogP contribution >= 0.6 is 11.3 Å². The van der Waals surface area contributed by atoms with Crippen LogP contribution in [0.15, 0.2) is 66.0 Å². The van der Waals surface area contributed by atoms with Gasteiger partial charge in [0, 0.05) is 10.4 Å². The Kier molecular flexibility index (Phi) is 3.75. The van der Waals surface area contributed by atoms with Gasteiger partial charge in [-0.1, -0.05) is 30.3 Å². The predicted molar refractivity (Wildman–Crippen MR) is 98.1 cm³/mol. The minimum Gasteiger partial charge on any atom is -0.326 e. The predicted octanol–water partition coefficient (Wildman–Crippen LogP) is 5.37. The zero-order chi connectivity index (χ0) is 16.5. The first kappa shape index (κ1) is 14.8. The maximum absolute atomic E-state index is 13.4. The van der Waals surface area contributed by atoms with E-state index in [0.29, 0.717) is 0 Å². The molecule has 4 rings (SSSR count). The molecule has 0 fully saturated rings. The number of rotatable bonds is 3. The molecule has 1 heterocycles. The first-order valence-corrected chi connectivity index (χ1v) is 8.51. The summed E-state index contributed by atoms with van der Waals surface area (Å²) >= 11 is 1.53. The zero-order valence-corrected chi connectivity index (χ0v) is 13.6. The van der Waals surface area contributed by atoms with Gasteiger partial charge < -0.3 is 5.32 Å². The lowest BCUT2D eigenvalue weighted by molar-refractivity contribution is -0.115. The van der Waals surface area contributed by atoms with Crippen molar-refractivity contribution in [2.24, 2.45) is 0 Å². The summed E-state index contributed by atoms with van der Waals surface area (Å²) in [4.78, 5) is 12.3. The van der Waals surface area contributed by atoms with E-state index in [9.17, 15) is 9.18 Å². The van der Waals surface area contributed by atoms with Crippen molar-refractivity contribution >= 4 is 43.8 Å². The second-order valence-corrected chi connectivity index (χ2v) is 6.60. The molecule has 1 N–H and O–H groups in total. The summed E-state index contributed by atoms with van der Waals surface area (Å²) in [5, 5.41) is 7.87. The summed E-state index contributed by atoms with van der Waals surface area (Å²) in [6.07, 6.45) is 0.232. The molecule has 0 aliphatic carbocycles. The summed E-state index contributed by atoms with van der Waals surface area (Å²) in [6, 6.07) is 18.5. The molecule has 1 aromatic heterocycles. The van der Waals surface area contributed by atoms with Gasteiger partial charge in [-0.05, 0) is 57.4 Å². The van der Waals surface area contributed by atoms with E-state index in [1.165, 1.54) is 23.5 Å². The summed E-state index contributed by atoms with van der Waals surface area (Å²) in [5.41, 5.74) is 1.62. The molecule has 24 heavy (non-hydrogen) atoms. The van der Waals surface area contributed by atoms with Crippen molar-refractivity contribution in [3.8, 4) is 0 Å². The average Bonchev–Trinajstić information content (AvgIpc) is 2.97. The number of benzene rings is 3. The topological polar surface area (TPSA) is 29.1 Å². The molecule has 3 aromatic carbocycles. The third-order valence-electron chi connectivity index (χ3n) is 4.00. The highest BCUT2D eigenvalue weighted by Crippen LogP contribution is 2.27. The number of amides is 1. The van der Waals surface area contributed by atoms with Crippen LogP contribution in [0.25, 0.3) is 20.9 Å². The Morgan fingerprint density at radius 3 is 2.71 bits per heavy atom. The lowest BCUT2D eigenvalue weighted by Crippen LogP contribution is -2.14. The summed E-state index contributed by atoms with van der Waals surface area (Å²) in [5.74, 6) is -0.383. The van der Waals surface area contributed by atoms with E-state index in [0.717, 1.165) is 32.1 Å². The molecule has 2 nitrogen and oxygen atoms in total. The van der Waals surface area contributed by atoms with E-state index in [1.807, 2.05) is 47.8 Å². The van der Waals surface area contributed by atoms with Crippen LogP contribution < -0.4 is 5.32 Å². The Morgan fingerprint density at radius 2 is 1.83 bits per heavy atom. The van der Waals surface area contributed by atoms with Gasteiger partial charge in [0.05, 0.1) is 6.42 Å². The SMILES string of the molecule is O=C(Cc1csc2ccc(F)cc12)Nc1ccc2ccccc2c1. The maximum atomic E-state index is 13.4. The molecule has 118 valence electrons. The fraction of sp³-hybridized carbons (Fsp3) is 0.0500. The number of carbonyl (C=O) groups excluding carboxylic acids is 1. The van der Waals surface area contributed by atoms with Gasteiger partial charge in [-0.2, -0.15) is 0 Å². The highest BCUT2D eigenvalue weighted by atomic mass is 32.1. The largest absolute Gasteiger partial charge is 0.326 e. The highest BCUT2D eigenvalue weighted by Gasteiger charge is 2.10. The van der Waals surface area contributed by atoms with Gasteiger partial charge in [0.15, 0.2) is 0 Å². The van der Waals surface area contributed by atoms with Crippen molar-refractivity contribution in [2.45, 2.75) is 6.42 Å². The lowest BCUT2D eigenvalue weighted by atomic mass is 10.1. The van der Waals surface area contributed by atoms with E-state index in [4.69, 9.17) is 0 Å². The fourth-order valence-corrected chi connectivity index (χ4v) is 3.78. The minimum atomic E-state index is -0.280. The Labute approximate surface area is 142 Å². The molecule has 0 bridgehead atoms. The Bertz CT molecular complexity index is 1050. The second-order valence-electron chi connectivity index (χ2n) is 5.69. The standard InChI is InChI=1S/C20H14FNOS/c21-16-6-8-19-18(11-16)15(12-24-19)10-20(23)22-17-7-5-13-3-1-2-4-14(13)9-17/h1-9,11-12H,10H2,(H,22,23). The molecule has 0 radical (unpaired) electrons. The Balaban J connectivity index is 1.55. The van der Waals surface area contributed by atoms with Crippen molar-refractivity contribution in [2.75, 3.05) is 5.32 Å². The van der Waals surface area contributed by atoms with Crippen LogP contribution in [-0.2, 0) is 11.2 Å². The van der Waals surface area contributed by atoms with Crippen molar-refractivity contribution in [1.29, 1.82) is 0 Å². The van der Waals surface area contributed by atoms with E-state index in [1.54, 1.807) is 6.07 Å². The molecule has 1 amide bonds. The van der Waals surface area contributed by atoms with Gasteiger partial charge in [0.2, 0.25) is 5.91 Å². The first-order chi connectivity index (χ1) is 11.7. The molecular formula is C20H14FNOS. The molecule has 0 aliphatic heterocycles. The van der Waals surface area contributed by atoms with Crippen LogP contribution in [0.3, 0.4) is 0 Å². The third kappa shape index (κ3) is 2.88. The lowest BCUT2D eigenvalue weighted by Gasteiger charge is -2.06. The van der Waals surface area contributed by atoms with Crippen LogP contribution in [0.4, 0.5) is 10.1 Å². The van der Waals surface area contributed by atoms with E-state index in [2.05, 4.69) is 5.32 Å².